The zero-order chi connectivity index (χ0) is 9.26. The molecule has 1 aromatic rings. The molecule has 0 amide bonds. The molecule has 3 nitrogen and oxygen atoms in total. The average molecular weight is 180 g/mol. The molecule has 1 aromatic heterocycles. The van der Waals surface area contributed by atoms with Crippen molar-refractivity contribution in [3.63, 3.8) is 0 Å². The third-order valence-electron chi connectivity index (χ3n) is 1.90. The van der Waals surface area contributed by atoms with Crippen LogP contribution in [-0.4, -0.2) is 13.2 Å². The Labute approximate surface area is 76.9 Å². The van der Waals surface area contributed by atoms with Gasteiger partial charge in [-0.05, 0) is 24.6 Å². The Balaban J connectivity index is 2.16. The second kappa shape index (κ2) is 3.36. The van der Waals surface area contributed by atoms with E-state index in [1.165, 1.54) is 0 Å². The minimum absolute atomic E-state index is 0.326. The van der Waals surface area contributed by atoms with Crippen LogP contribution in [0.15, 0.2) is 23.1 Å². The fourth-order valence-corrected chi connectivity index (χ4v) is 1.23. The van der Waals surface area contributed by atoms with Gasteiger partial charge < -0.3 is 13.9 Å². The number of hydrogen-bond donors (Lipinski definition) is 0. The van der Waals surface area contributed by atoms with Crippen molar-refractivity contribution in [3.05, 3.63) is 30.2 Å². The summed E-state index contributed by atoms with van der Waals surface area (Å²) < 4.78 is 16.1. The maximum absolute atomic E-state index is 5.48. The standard InChI is InChI=1S/C10H12O3/c1-7(2)8-3-4-9(13-8)10-11-5-6-12-10/h3-4,10H,1,5-6H2,2H3. The quantitative estimate of drug-likeness (QED) is 0.700. The molecule has 2 heterocycles. The molecule has 3 heteroatoms. The van der Waals surface area contributed by atoms with Gasteiger partial charge in [-0.1, -0.05) is 6.58 Å². The second-order valence-corrected chi connectivity index (χ2v) is 3.06. The Hall–Kier alpha value is -1.06. The topological polar surface area (TPSA) is 31.6 Å². The minimum atomic E-state index is -0.326. The van der Waals surface area contributed by atoms with Crippen molar-refractivity contribution in [2.45, 2.75) is 13.2 Å². The average Bonchev–Trinajstić information content (AvgIpc) is 2.75. The van der Waals surface area contributed by atoms with Gasteiger partial charge in [-0.2, -0.15) is 0 Å². The summed E-state index contributed by atoms with van der Waals surface area (Å²) in [7, 11) is 0. The first-order valence-electron chi connectivity index (χ1n) is 4.26. The van der Waals surface area contributed by atoms with Crippen molar-refractivity contribution in [2.24, 2.45) is 0 Å². The Kier molecular flexibility index (Phi) is 2.20. The van der Waals surface area contributed by atoms with E-state index in [2.05, 4.69) is 6.58 Å². The summed E-state index contributed by atoms with van der Waals surface area (Å²) in [5.74, 6) is 1.50. The van der Waals surface area contributed by atoms with E-state index in [0.717, 1.165) is 17.1 Å². The first-order valence-corrected chi connectivity index (χ1v) is 4.26. The van der Waals surface area contributed by atoms with Crippen LogP contribution in [0.5, 0.6) is 0 Å². The van der Waals surface area contributed by atoms with E-state index in [4.69, 9.17) is 13.9 Å². The van der Waals surface area contributed by atoms with Crippen molar-refractivity contribution in [2.75, 3.05) is 13.2 Å². The fourth-order valence-electron chi connectivity index (χ4n) is 1.23. The summed E-state index contributed by atoms with van der Waals surface area (Å²) in [6.45, 7) is 6.96. The van der Waals surface area contributed by atoms with Gasteiger partial charge in [-0.3, -0.25) is 0 Å². The molecule has 0 N–H and O–H groups in total. The van der Waals surface area contributed by atoms with Crippen LogP contribution in [0.25, 0.3) is 5.57 Å². The zero-order valence-electron chi connectivity index (χ0n) is 7.58. The molecule has 0 saturated carbocycles. The Bertz CT molecular complexity index is 308. The molecular formula is C10H12O3. The molecule has 1 saturated heterocycles. The van der Waals surface area contributed by atoms with E-state index in [1.807, 2.05) is 19.1 Å². The predicted molar refractivity (Wildman–Crippen MR) is 48.1 cm³/mol. The minimum Gasteiger partial charge on any atom is -0.456 e. The molecule has 13 heavy (non-hydrogen) atoms. The van der Waals surface area contributed by atoms with Crippen LogP contribution in [0.4, 0.5) is 0 Å². The van der Waals surface area contributed by atoms with E-state index < -0.39 is 0 Å². The van der Waals surface area contributed by atoms with Gasteiger partial charge in [-0.15, -0.1) is 0 Å². The number of allylic oxidation sites excluding steroid dienone is 1. The Morgan fingerprint density at radius 1 is 1.38 bits per heavy atom. The highest BCUT2D eigenvalue weighted by Crippen LogP contribution is 2.26. The van der Waals surface area contributed by atoms with E-state index in [0.29, 0.717) is 13.2 Å². The van der Waals surface area contributed by atoms with Crippen molar-refractivity contribution < 1.29 is 13.9 Å². The fraction of sp³-hybridized carbons (Fsp3) is 0.400. The second-order valence-electron chi connectivity index (χ2n) is 3.06. The molecule has 0 atom stereocenters. The molecule has 0 radical (unpaired) electrons. The highest BCUT2D eigenvalue weighted by atomic mass is 16.7. The molecular weight excluding hydrogens is 168 g/mol. The normalized spacial score (nSPS) is 17.9. The third-order valence-corrected chi connectivity index (χ3v) is 1.90. The van der Waals surface area contributed by atoms with E-state index in [9.17, 15) is 0 Å². The molecule has 2 rings (SSSR count). The van der Waals surface area contributed by atoms with E-state index in [1.54, 1.807) is 0 Å². The smallest absolute Gasteiger partial charge is 0.217 e. The highest BCUT2D eigenvalue weighted by molar-refractivity contribution is 5.56. The van der Waals surface area contributed by atoms with Gasteiger partial charge in [0.15, 0.2) is 5.76 Å². The molecule has 0 unspecified atom stereocenters. The summed E-state index contributed by atoms with van der Waals surface area (Å²) in [6, 6.07) is 3.74. The molecule has 0 spiro atoms. The lowest BCUT2D eigenvalue weighted by atomic mass is 10.3. The van der Waals surface area contributed by atoms with Gasteiger partial charge in [-0.25, -0.2) is 0 Å². The number of furan rings is 1. The van der Waals surface area contributed by atoms with Gasteiger partial charge in [0.25, 0.3) is 0 Å². The number of hydrogen-bond acceptors (Lipinski definition) is 3. The summed E-state index contributed by atoms with van der Waals surface area (Å²) in [5, 5.41) is 0. The largest absolute Gasteiger partial charge is 0.456 e. The molecule has 0 bridgehead atoms. The molecule has 1 fully saturated rings. The molecule has 0 aromatic carbocycles. The van der Waals surface area contributed by atoms with E-state index in [-0.39, 0.29) is 6.29 Å². The zero-order valence-corrected chi connectivity index (χ0v) is 7.58. The summed E-state index contributed by atoms with van der Waals surface area (Å²) in [6.07, 6.45) is -0.326. The van der Waals surface area contributed by atoms with Crippen LogP contribution in [-0.2, 0) is 9.47 Å². The van der Waals surface area contributed by atoms with Crippen LogP contribution in [0.3, 0.4) is 0 Å². The van der Waals surface area contributed by atoms with Gasteiger partial charge >= 0.3 is 0 Å². The van der Waals surface area contributed by atoms with Crippen LogP contribution in [0.2, 0.25) is 0 Å². The molecule has 1 aliphatic heterocycles. The first kappa shape index (κ1) is 8.53. The van der Waals surface area contributed by atoms with Crippen molar-refractivity contribution >= 4 is 5.57 Å². The van der Waals surface area contributed by atoms with Crippen molar-refractivity contribution in [1.82, 2.24) is 0 Å². The highest BCUT2D eigenvalue weighted by Gasteiger charge is 2.21. The lowest BCUT2D eigenvalue weighted by Crippen LogP contribution is -1.94. The molecule has 0 aliphatic carbocycles. The van der Waals surface area contributed by atoms with Gasteiger partial charge in [0, 0.05) is 0 Å². The maximum atomic E-state index is 5.48. The van der Waals surface area contributed by atoms with Crippen LogP contribution in [0, 0.1) is 0 Å². The lowest BCUT2D eigenvalue weighted by molar-refractivity contribution is -0.0590. The molecule has 70 valence electrons. The lowest BCUT2D eigenvalue weighted by Gasteiger charge is -2.04. The predicted octanol–water partition coefficient (Wildman–Crippen LogP) is 2.36. The number of rotatable bonds is 2. The van der Waals surface area contributed by atoms with Gasteiger partial charge in [0.05, 0.1) is 13.2 Å². The Morgan fingerprint density at radius 2 is 2.08 bits per heavy atom. The van der Waals surface area contributed by atoms with Gasteiger partial charge in [0.2, 0.25) is 6.29 Å². The van der Waals surface area contributed by atoms with Crippen LogP contribution in [0.1, 0.15) is 24.7 Å². The SMILES string of the molecule is C=C(C)c1ccc(C2OCCO2)o1. The summed E-state index contributed by atoms with van der Waals surface area (Å²) in [4.78, 5) is 0. The maximum Gasteiger partial charge on any atom is 0.217 e. The summed E-state index contributed by atoms with van der Waals surface area (Å²) in [5.41, 5.74) is 0.907. The summed E-state index contributed by atoms with van der Waals surface area (Å²) >= 11 is 0. The van der Waals surface area contributed by atoms with Crippen molar-refractivity contribution in [3.8, 4) is 0 Å². The third kappa shape index (κ3) is 1.66. The number of ether oxygens (including phenoxy) is 2. The van der Waals surface area contributed by atoms with Crippen LogP contribution < -0.4 is 0 Å². The van der Waals surface area contributed by atoms with E-state index >= 15 is 0 Å². The van der Waals surface area contributed by atoms with Crippen molar-refractivity contribution in [1.29, 1.82) is 0 Å². The van der Waals surface area contributed by atoms with Crippen LogP contribution >= 0.6 is 0 Å². The monoisotopic (exact) mass is 180 g/mol. The molecule has 1 aliphatic rings. The first-order chi connectivity index (χ1) is 6.27. The van der Waals surface area contributed by atoms with Gasteiger partial charge in [0.1, 0.15) is 5.76 Å². The Morgan fingerprint density at radius 3 is 2.62 bits per heavy atom.